The van der Waals surface area contributed by atoms with E-state index in [0.29, 0.717) is 71.2 Å². The Morgan fingerprint density at radius 3 is 2.20 bits per heavy atom. The maximum absolute atomic E-state index is 12.6. The van der Waals surface area contributed by atoms with Crippen molar-refractivity contribution in [2.75, 3.05) is 59.1 Å². The number of urea groups is 1. The monoisotopic (exact) mass is 585 g/mol. The topological polar surface area (TPSA) is 138 Å². The predicted octanol–water partition coefficient (Wildman–Crippen LogP) is 4.03. The van der Waals surface area contributed by atoms with Gasteiger partial charge in [-0.15, -0.1) is 0 Å². The van der Waals surface area contributed by atoms with Crippen molar-refractivity contribution in [2.45, 2.75) is 104 Å². The van der Waals surface area contributed by atoms with Crippen LogP contribution < -0.4 is 16.0 Å². The van der Waals surface area contributed by atoms with E-state index in [0.717, 1.165) is 69.2 Å². The van der Waals surface area contributed by atoms with E-state index in [2.05, 4.69) is 34.7 Å². The van der Waals surface area contributed by atoms with Gasteiger partial charge in [0.05, 0.1) is 13.2 Å². The maximum atomic E-state index is 12.6. The lowest BCUT2D eigenvalue weighted by atomic mass is 10.2. The fourth-order valence-electron chi connectivity index (χ4n) is 4.12. The summed E-state index contributed by atoms with van der Waals surface area (Å²) in [5.41, 5.74) is 0. The summed E-state index contributed by atoms with van der Waals surface area (Å²) in [6.45, 7) is 11.1. The second-order valence-electron chi connectivity index (χ2n) is 10.6. The summed E-state index contributed by atoms with van der Waals surface area (Å²) < 4.78 is 16.5. The van der Waals surface area contributed by atoms with Crippen molar-refractivity contribution in [3.8, 4) is 0 Å². The highest BCUT2D eigenvalue weighted by molar-refractivity contribution is 5.90. The fraction of sp³-hybridized carbons (Fsp3) is 0.862. The van der Waals surface area contributed by atoms with E-state index in [1.165, 1.54) is 0 Å². The molecule has 1 aliphatic heterocycles. The number of unbranched alkanes of at least 4 members (excludes halogenated alkanes) is 7. The molecule has 0 aliphatic carbocycles. The van der Waals surface area contributed by atoms with Gasteiger partial charge in [0.1, 0.15) is 6.10 Å². The summed E-state index contributed by atoms with van der Waals surface area (Å²) >= 11 is 0. The SMILES string of the molecule is CCCCOCC(CN1CC1C)OC(=O)NCCCCCCNC(=O)N(CCCCCCNC=O)C(=O)OCCC. The zero-order valence-corrected chi connectivity index (χ0v) is 25.6. The van der Waals surface area contributed by atoms with E-state index in [-0.39, 0.29) is 12.7 Å². The highest BCUT2D eigenvalue weighted by Gasteiger charge is 2.32. The number of nitrogens with zero attached hydrogens (tertiary/aromatic N) is 2. The van der Waals surface area contributed by atoms with Crippen LogP contribution in [-0.4, -0.2) is 106 Å². The van der Waals surface area contributed by atoms with E-state index in [4.69, 9.17) is 14.2 Å². The van der Waals surface area contributed by atoms with Crippen LogP contribution in [0.4, 0.5) is 14.4 Å². The molecular formula is C29H55N5O7. The quantitative estimate of drug-likeness (QED) is 0.0830. The van der Waals surface area contributed by atoms with Crippen molar-refractivity contribution in [1.29, 1.82) is 0 Å². The molecule has 0 saturated carbocycles. The van der Waals surface area contributed by atoms with Crippen LogP contribution >= 0.6 is 0 Å². The largest absolute Gasteiger partial charge is 0.449 e. The molecule has 3 atom stereocenters. The van der Waals surface area contributed by atoms with Gasteiger partial charge < -0.3 is 30.2 Å². The number of imide groups is 1. The van der Waals surface area contributed by atoms with Crippen LogP contribution in [0, 0.1) is 0 Å². The number of alkyl carbamates (subject to hydrolysis) is 1. The minimum Gasteiger partial charge on any atom is -0.449 e. The summed E-state index contributed by atoms with van der Waals surface area (Å²) in [6.07, 6.45) is 8.75. The van der Waals surface area contributed by atoms with Crippen LogP contribution in [0.25, 0.3) is 0 Å². The van der Waals surface area contributed by atoms with E-state index in [1.54, 1.807) is 0 Å². The van der Waals surface area contributed by atoms with Crippen LogP contribution in [0.3, 0.4) is 0 Å². The number of carbonyl (C=O) groups is 4. The molecule has 0 aromatic carbocycles. The summed E-state index contributed by atoms with van der Waals surface area (Å²) in [5, 5.41) is 8.27. The summed E-state index contributed by atoms with van der Waals surface area (Å²) in [4.78, 5) is 50.9. The number of nitrogens with one attached hydrogen (secondary N) is 3. The summed E-state index contributed by atoms with van der Waals surface area (Å²) in [5.74, 6) is 0. The first-order chi connectivity index (χ1) is 19.9. The Balaban J connectivity index is 2.21. The third-order valence-electron chi connectivity index (χ3n) is 6.73. The Kier molecular flexibility index (Phi) is 21.4. The molecule has 0 aromatic heterocycles. The Bertz CT molecular complexity index is 728. The first-order valence-corrected chi connectivity index (χ1v) is 15.6. The van der Waals surface area contributed by atoms with E-state index < -0.39 is 18.2 Å². The second-order valence-corrected chi connectivity index (χ2v) is 10.6. The molecule has 0 aromatic rings. The van der Waals surface area contributed by atoms with Gasteiger partial charge in [-0.3, -0.25) is 9.69 Å². The molecule has 12 nitrogen and oxygen atoms in total. The van der Waals surface area contributed by atoms with Gasteiger partial charge in [0.25, 0.3) is 0 Å². The molecule has 5 amide bonds. The molecule has 1 rings (SSSR count). The van der Waals surface area contributed by atoms with Crippen LogP contribution in [0.15, 0.2) is 0 Å². The molecule has 1 fully saturated rings. The fourth-order valence-corrected chi connectivity index (χ4v) is 4.12. The zero-order valence-electron chi connectivity index (χ0n) is 25.6. The van der Waals surface area contributed by atoms with Crippen molar-refractivity contribution in [1.82, 2.24) is 25.8 Å². The van der Waals surface area contributed by atoms with Crippen molar-refractivity contribution in [3.63, 3.8) is 0 Å². The average molecular weight is 586 g/mol. The molecular weight excluding hydrogens is 530 g/mol. The number of hydrogen-bond acceptors (Lipinski definition) is 8. The molecule has 1 saturated heterocycles. The van der Waals surface area contributed by atoms with Crippen LogP contribution in [0.2, 0.25) is 0 Å². The zero-order chi connectivity index (χ0) is 30.1. The first-order valence-electron chi connectivity index (χ1n) is 15.6. The minimum atomic E-state index is -0.622. The van der Waals surface area contributed by atoms with E-state index in [9.17, 15) is 19.2 Å². The normalized spacial score (nSPS) is 16.4. The smallest absolute Gasteiger partial charge is 0.417 e. The van der Waals surface area contributed by atoms with Crippen molar-refractivity contribution in [3.05, 3.63) is 0 Å². The Hall–Kier alpha value is -2.60. The number of carbonyl (C=O) groups excluding carboxylic acids is 4. The third kappa shape index (κ3) is 19.2. The van der Waals surface area contributed by atoms with Crippen LogP contribution in [-0.2, 0) is 19.0 Å². The highest BCUT2D eigenvalue weighted by atomic mass is 16.6. The average Bonchev–Trinajstić information content (AvgIpc) is 3.66. The van der Waals surface area contributed by atoms with Crippen molar-refractivity contribution in [2.24, 2.45) is 0 Å². The Morgan fingerprint density at radius 2 is 1.56 bits per heavy atom. The van der Waals surface area contributed by atoms with Crippen LogP contribution in [0.5, 0.6) is 0 Å². The summed E-state index contributed by atoms with van der Waals surface area (Å²) in [7, 11) is 0. The molecule has 3 N–H and O–H groups in total. The van der Waals surface area contributed by atoms with Gasteiger partial charge in [0.15, 0.2) is 0 Å². The van der Waals surface area contributed by atoms with Crippen molar-refractivity contribution < 1.29 is 33.4 Å². The molecule has 3 unspecified atom stereocenters. The van der Waals surface area contributed by atoms with Gasteiger partial charge in [-0.05, 0) is 45.4 Å². The molecule has 0 bridgehead atoms. The molecule has 41 heavy (non-hydrogen) atoms. The van der Waals surface area contributed by atoms with E-state index in [1.807, 2.05) is 6.92 Å². The Morgan fingerprint density at radius 1 is 0.902 bits per heavy atom. The first kappa shape index (κ1) is 36.4. The van der Waals surface area contributed by atoms with Gasteiger partial charge in [0.2, 0.25) is 6.41 Å². The summed E-state index contributed by atoms with van der Waals surface area (Å²) in [6, 6.07) is 0.0966. The van der Waals surface area contributed by atoms with E-state index >= 15 is 0 Å². The highest BCUT2D eigenvalue weighted by Crippen LogP contribution is 2.17. The third-order valence-corrected chi connectivity index (χ3v) is 6.73. The number of ether oxygens (including phenoxy) is 3. The number of amides is 5. The van der Waals surface area contributed by atoms with Gasteiger partial charge in [-0.1, -0.05) is 46.0 Å². The van der Waals surface area contributed by atoms with Gasteiger partial charge in [-0.25, -0.2) is 19.3 Å². The molecule has 0 radical (unpaired) electrons. The number of hydrogen-bond donors (Lipinski definition) is 3. The maximum Gasteiger partial charge on any atom is 0.417 e. The lowest BCUT2D eigenvalue weighted by molar-refractivity contribution is -0.109. The Labute approximate surface area is 246 Å². The van der Waals surface area contributed by atoms with Crippen molar-refractivity contribution >= 4 is 24.6 Å². The lowest BCUT2D eigenvalue weighted by Crippen LogP contribution is -2.45. The molecule has 1 aliphatic rings. The minimum absolute atomic E-state index is 0.270. The second kappa shape index (κ2) is 24.0. The molecule has 0 spiro atoms. The van der Waals surface area contributed by atoms with Gasteiger partial charge >= 0.3 is 18.2 Å². The molecule has 1 heterocycles. The lowest BCUT2D eigenvalue weighted by Gasteiger charge is -2.21. The van der Waals surface area contributed by atoms with Gasteiger partial charge in [-0.2, -0.15) is 0 Å². The molecule has 238 valence electrons. The van der Waals surface area contributed by atoms with Crippen LogP contribution in [0.1, 0.15) is 91.4 Å². The predicted molar refractivity (Wildman–Crippen MR) is 158 cm³/mol. The standard InChI is InChI=1S/C29H55N5O7/c1-4-6-20-39-23-26(22-33-21-25(33)3)41-28(37)32-17-13-8-7-12-16-31-27(36)34(29(38)40-19-5-2)18-14-10-9-11-15-30-24-35/h24-26H,4-23H2,1-3H3,(H,30,35)(H,31,36)(H,32,37). The van der Waals surface area contributed by atoms with Gasteiger partial charge in [0, 0.05) is 51.9 Å². The number of rotatable bonds is 25. The molecule has 12 heteroatoms.